The van der Waals surface area contributed by atoms with Crippen molar-refractivity contribution in [3.05, 3.63) is 38.4 Å². The lowest BCUT2D eigenvalue weighted by atomic mass is 9.96. The normalized spacial score (nSPS) is 17.2. The fraction of sp³-hybridized carbons (Fsp3) is 0.542. The van der Waals surface area contributed by atoms with Gasteiger partial charge in [-0.2, -0.15) is 5.26 Å². The molecule has 1 aliphatic carbocycles. The Kier molecular flexibility index (Phi) is 7.95. The molecule has 2 N–H and O–H groups in total. The quantitative estimate of drug-likeness (QED) is 0.600. The Balaban J connectivity index is 1.22. The van der Waals surface area contributed by atoms with Gasteiger partial charge in [-0.1, -0.05) is 12.5 Å². The Morgan fingerprint density at radius 3 is 2.75 bits per heavy atom. The average molecular weight is 471 g/mol. The molecule has 1 saturated heterocycles. The molecule has 2 amide bonds. The predicted octanol–water partition coefficient (Wildman–Crippen LogP) is 3.96. The highest BCUT2D eigenvalue weighted by atomic mass is 32.1. The monoisotopic (exact) mass is 470 g/mol. The first-order valence-corrected chi connectivity index (χ1v) is 13.2. The number of thiophene rings is 2. The number of piperidine rings is 1. The minimum Gasteiger partial charge on any atom is -0.355 e. The Bertz CT molecular complexity index is 969. The average Bonchev–Trinajstić information content (AvgIpc) is 3.35. The summed E-state index contributed by atoms with van der Waals surface area (Å²) in [5.74, 6) is 0.0805. The maximum Gasteiger partial charge on any atom is 0.239 e. The number of likely N-dealkylation sites (tertiary alicyclic amines) is 1. The number of nitriles is 1. The van der Waals surface area contributed by atoms with Crippen LogP contribution in [0.5, 0.6) is 0 Å². The van der Waals surface area contributed by atoms with Crippen molar-refractivity contribution >= 4 is 39.5 Å². The van der Waals surface area contributed by atoms with Crippen molar-refractivity contribution in [3.8, 4) is 6.07 Å². The first-order chi connectivity index (χ1) is 15.6. The van der Waals surface area contributed by atoms with E-state index >= 15 is 0 Å². The first kappa shape index (κ1) is 23.0. The molecule has 6 nitrogen and oxygen atoms in total. The third-order valence-electron chi connectivity index (χ3n) is 6.36. The van der Waals surface area contributed by atoms with Crippen LogP contribution in [0.2, 0.25) is 0 Å². The second-order valence-corrected chi connectivity index (χ2v) is 10.7. The van der Waals surface area contributed by atoms with E-state index in [1.807, 2.05) is 6.07 Å². The molecule has 0 radical (unpaired) electrons. The van der Waals surface area contributed by atoms with Gasteiger partial charge in [0.05, 0.1) is 12.1 Å². The summed E-state index contributed by atoms with van der Waals surface area (Å²) in [5, 5.41) is 18.5. The van der Waals surface area contributed by atoms with Crippen LogP contribution in [0.25, 0.3) is 0 Å². The number of hydrogen-bond acceptors (Lipinski definition) is 6. The molecule has 2 aromatic heterocycles. The summed E-state index contributed by atoms with van der Waals surface area (Å²) in [6.45, 7) is 2.46. The molecule has 2 aromatic rings. The van der Waals surface area contributed by atoms with E-state index < -0.39 is 0 Å². The predicted molar refractivity (Wildman–Crippen MR) is 129 cm³/mol. The van der Waals surface area contributed by atoms with Gasteiger partial charge in [-0.15, -0.1) is 22.7 Å². The number of amides is 2. The SMILES string of the molecule is N#Cc1c(NC(=O)CN2CCC(C(=O)NCCc3cccs3)CC2)sc2c1CCCCC2. The Hall–Kier alpha value is -2.21. The molecule has 3 heterocycles. The largest absolute Gasteiger partial charge is 0.355 e. The van der Waals surface area contributed by atoms with Gasteiger partial charge in [0.25, 0.3) is 0 Å². The van der Waals surface area contributed by atoms with Crippen LogP contribution in [-0.4, -0.2) is 42.9 Å². The van der Waals surface area contributed by atoms with E-state index in [0.717, 1.165) is 63.6 Å². The molecule has 2 aliphatic rings. The first-order valence-electron chi connectivity index (χ1n) is 11.5. The van der Waals surface area contributed by atoms with E-state index in [-0.39, 0.29) is 17.7 Å². The molecule has 4 rings (SSSR count). The van der Waals surface area contributed by atoms with Gasteiger partial charge < -0.3 is 10.6 Å². The van der Waals surface area contributed by atoms with Gasteiger partial charge in [0.2, 0.25) is 11.8 Å². The summed E-state index contributed by atoms with van der Waals surface area (Å²) in [6.07, 6.45) is 7.84. The summed E-state index contributed by atoms with van der Waals surface area (Å²) < 4.78 is 0. The molecule has 0 unspecified atom stereocenters. The molecule has 0 spiro atoms. The maximum atomic E-state index is 12.7. The lowest BCUT2D eigenvalue weighted by Crippen LogP contribution is -2.43. The highest BCUT2D eigenvalue weighted by molar-refractivity contribution is 7.16. The fourth-order valence-electron chi connectivity index (χ4n) is 4.58. The Labute approximate surface area is 197 Å². The van der Waals surface area contributed by atoms with Crippen molar-refractivity contribution in [2.24, 2.45) is 5.92 Å². The highest BCUT2D eigenvalue weighted by Crippen LogP contribution is 2.37. The number of carbonyl (C=O) groups is 2. The van der Waals surface area contributed by atoms with E-state index in [4.69, 9.17) is 0 Å². The molecule has 1 aliphatic heterocycles. The van der Waals surface area contributed by atoms with Crippen molar-refractivity contribution in [3.63, 3.8) is 0 Å². The van der Waals surface area contributed by atoms with Gasteiger partial charge in [0.15, 0.2) is 0 Å². The van der Waals surface area contributed by atoms with Crippen LogP contribution in [0.4, 0.5) is 5.00 Å². The maximum absolute atomic E-state index is 12.7. The lowest BCUT2D eigenvalue weighted by molar-refractivity contribution is -0.126. The minimum absolute atomic E-state index is 0.0239. The van der Waals surface area contributed by atoms with Gasteiger partial charge in [0, 0.05) is 22.2 Å². The summed E-state index contributed by atoms with van der Waals surface area (Å²) in [6, 6.07) is 6.44. The molecule has 0 saturated carbocycles. The third kappa shape index (κ3) is 5.77. The van der Waals surface area contributed by atoms with Crippen LogP contribution < -0.4 is 10.6 Å². The number of carbonyl (C=O) groups excluding carboxylic acids is 2. The number of nitrogens with one attached hydrogen (secondary N) is 2. The van der Waals surface area contributed by atoms with Crippen molar-refractivity contribution in [2.75, 3.05) is 31.5 Å². The summed E-state index contributed by atoms with van der Waals surface area (Å²) in [5.41, 5.74) is 1.81. The van der Waals surface area contributed by atoms with Crippen molar-refractivity contribution in [1.29, 1.82) is 5.26 Å². The summed E-state index contributed by atoms with van der Waals surface area (Å²) in [7, 11) is 0. The minimum atomic E-state index is -0.0724. The van der Waals surface area contributed by atoms with Crippen LogP contribution in [0, 0.1) is 17.2 Å². The standard InChI is InChI=1S/C24H30N4O2S2/c25-15-20-19-6-2-1-3-7-21(19)32-24(20)27-22(29)16-28-12-9-17(10-13-28)23(30)26-11-8-18-5-4-14-31-18/h4-5,14,17H,1-3,6-13,16H2,(H,26,30)(H,27,29). The molecule has 170 valence electrons. The summed E-state index contributed by atoms with van der Waals surface area (Å²) in [4.78, 5) is 29.8. The number of aryl methyl sites for hydroxylation is 1. The van der Waals surface area contributed by atoms with Gasteiger partial charge in [0.1, 0.15) is 11.1 Å². The Morgan fingerprint density at radius 1 is 1.19 bits per heavy atom. The van der Waals surface area contributed by atoms with Gasteiger partial charge in [-0.3, -0.25) is 14.5 Å². The van der Waals surface area contributed by atoms with E-state index in [9.17, 15) is 14.9 Å². The topological polar surface area (TPSA) is 85.2 Å². The van der Waals surface area contributed by atoms with E-state index in [2.05, 4.69) is 33.0 Å². The van der Waals surface area contributed by atoms with Crippen molar-refractivity contribution < 1.29 is 9.59 Å². The number of rotatable bonds is 7. The van der Waals surface area contributed by atoms with Gasteiger partial charge in [-0.05, 0) is 75.0 Å². The van der Waals surface area contributed by atoms with E-state index in [0.29, 0.717) is 23.7 Å². The lowest BCUT2D eigenvalue weighted by Gasteiger charge is -2.30. The molecular formula is C24H30N4O2S2. The zero-order valence-corrected chi connectivity index (χ0v) is 20.0. The van der Waals surface area contributed by atoms with Crippen molar-refractivity contribution in [2.45, 2.75) is 51.4 Å². The van der Waals surface area contributed by atoms with E-state index in [1.54, 1.807) is 22.7 Å². The highest BCUT2D eigenvalue weighted by Gasteiger charge is 2.26. The van der Waals surface area contributed by atoms with Crippen LogP contribution in [0.3, 0.4) is 0 Å². The van der Waals surface area contributed by atoms with Crippen LogP contribution in [0.1, 0.15) is 53.0 Å². The van der Waals surface area contributed by atoms with Crippen LogP contribution in [-0.2, 0) is 28.9 Å². The molecule has 1 fully saturated rings. The van der Waals surface area contributed by atoms with E-state index in [1.165, 1.54) is 16.2 Å². The van der Waals surface area contributed by atoms with Crippen molar-refractivity contribution in [1.82, 2.24) is 10.2 Å². The second kappa shape index (κ2) is 11.1. The fourth-order valence-corrected chi connectivity index (χ4v) is 6.54. The molecule has 32 heavy (non-hydrogen) atoms. The summed E-state index contributed by atoms with van der Waals surface area (Å²) >= 11 is 3.29. The van der Waals surface area contributed by atoms with Crippen LogP contribution >= 0.6 is 22.7 Å². The van der Waals surface area contributed by atoms with Gasteiger partial charge >= 0.3 is 0 Å². The second-order valence-electron chi connectivity index (χ2n) is 8.60. The molecule has 8 heteroatoms. The molecular weight excluding hydrogens is 440 g/mol. The van der Waals surface area contributed by atoms with Gasteiger partial charge in [-0.25, -0.2) is 0 Å². The number of fused-ring (bicyclic) bond motifs is 1. The smallest absolute Gasteiger partial charge is 0.239 e. The number of nitrogens with zero attached hydrogens (tertiary/aromatic N) is 2. The molecule has 0 atom stereocenters. The third-order valence-corrected chi connectivity index (χ3v) is 8.51. The zero-order chi connectivity index (χ0) is 22.3. The number of anilines is 1. The number of hydrogen-bond donors (Lipinski definition) is 2. The molecule has 0 aromatic carbocycles. The van der Waals surface area contributed by atoms with Crippen LogP contribution in [0.15, 0.2) is 17.5 Å². The zero-order valence-electron chi connectivity index (χ0n) is 18.3. The Morgan fingerprint density at radius 2 is 2.00 bits per heavy atom. The molecule has 0 bridgehead atoms.